The van der Waals surface area contributed by atoms with E-state index in [1.165, 1.54) is 6.26 Å². The second-order valence-corrected chi connectivity index (χ2v) is 9.91. The highest BCUT2D eigenvalue weighted by Crippen LogP contribution is 2.41. The standard InChI is InChI=1S/C19H25N5O3S/c1-28(26,27)14-6-4-13(5-7-14)22-18-17-16(9-11-21-19(17)25)24(23-18)15(8-10-20)12-2-3-12/h4-7,12,15-18,22-23H,2-3,8-9,11H2,1H3,(H,21,25)/t15-,16?,17?,18?/m0/s1. The molecule has 9 heteroatoms. The maximum Gasteiger partial charge on any atom is 0.228 e. The van der Waals surface area contributed by atoms with E-state index < -0.39 is 9.84 Å². The minimum absolute atomic E-state index is 0.00279. The zero-order valence-corrected chi connectivity index (χ0v) is 16.6. The molecule has 1 aromatic carbocycles. The lowest BCUT2D eigenvalue weighted by Gasteiger charge is -2.34. The monoisotopic (exact) mass is 403 g/mol. The topological polar surface area (TPSA) is 114 Å². The van der Waals surface area contributed by atoms with Crippen LogP contribution < -0.4 is 16.1 Å². The summed E-state index contributed by atoms with van der Waals surface area (Å²) in [4.78, 5) is 12.9. The zero-order chi connectivity index (χ0) is 19.9. The molecule has 4 rings (SSSR count). The summed E-state index contributed by atoms with van der Waals surface area (Å²) in [6.07, 6.45) is 4.39. The number of rotatable bonds is 6. The molecule has 2 heterocycles. The second kappa shape index (κ2) is 7.35. The number of nitrogens with one attached hydrogen (secondary N) is 3. The van der Waals surface area contributed by atoms with Crippen LogP contribution in [0.3, 0.4) is 0 Å². The van der Waals surface area contributed by atoms with Crippen LogP contribution in [0.2, 0.25) is 0 Å². The van der Waals surface area contributed by atoms with Gasteiger partial charge in [-0.25, -0.2) is 18.9 Å². The van der Waals surface area contributed by atoms with Gasteiger partial charge < -0.3 is 10.6 Å². The van der Waals surface area contributed by atoms with Gasteiger partial charge in [-0.3, -0.25) is 4.79 Å². The molecule has 150 valence electrons. The Hall–Kier alpha value is -2.15. The Morgan fingerprint density at radius 3 is 2.61 bits per heavy atom. The number of sulfone groups is 1. The van der Waals surface area contributed by atoms with Gasteiger partial charge in [-0.05, 0) is 49.4 Å². The number of hydrogen-bond donors (Lipinski definition) is 3. The van der Waals surface area contributed by atoms with Gasteiger partial charge in [-0.1, -0.05) is 0 Å². The number of nitriles is 1. The summed E-state index contributed by atoms with van der Waals surface area (Å²) in [5.74, 6) is 0.233. The Morgan fingerprint density at radius 1 is 1.29 bits per heavy atom. The Balaban J connectivity index is 1.56. The average molecular weight is 404 g/mol. The fraction of sp³-hybridized carbons (Fsp3) is 0.579. The summed E-state index contributed by atoms with van der Waals surface area (Å²) >= 11 is 0. The van der Waals surface area contributed by atoms with Crippen LogP contribution in [0, 0.1) is 23.2 Å². The van der Waals surface area contributed by atoms with Crippen LogP contribution in [-0.4, -0.2) is 50.4 Å². The van der Waals surface area contributed by atoms with Gasteiger partial charge in [-0.15, -0.1) is 0 Å². The van der Waals surface area contributed by atoms with E-state index in [-0.39, 0.29) is 35.0 Å². The summed E-state index contributed by atoms with van der Waals surface area (Å²) in [5, 5.41) is 17.7. The van der Waals surface area contributed by atoms with Gasteiger partial charge >= 0.3 is 0 Å². The maximum atomic E-state index is 12.6. The fourth-order valence-electron chi connectivity index (χ4n) is 4.35. The van der Waals surface area contributed by atoms with Gasteiger partial charge in [0.1, 0.15) is 6.17 Å². The lowest BCUT2D eigenvalue weighted by molar-refractivity contribution is -0.128. The fourth-order valence-corrected chi connectivity index (χ4v) is 4.98. The van der Waals surface area contributed by atoms with Crippen molar-refractivity contribution in [2.24, 2.45) is 11.8 Å². The van der Waals surface area contributed by atoms with Crippen molar-refractivity contribution < 1.29 is 13.2 Å². The third-order valence-electron chi connectivity index (χ3n) is 5.89. The van der Waals surface area contributed by atoms with Gasteiger partial charge in [0, 0.05) is 30.6 Å². The molecule has 3 aliphatic rings. The summed E-state index contributed by atoms with van der Waals surface area (Å²) in [5.41, 5.74) is 4.20. The molecule has 3 unspecified atom stereocenters. The van der Waals surface area contributed by atoms with Crippen molar-refractivity contribution in [2.75, 3.05) is 18.1 Å². The second-order valence-electron chi connectivity index (χ2n) is 7.89. The van der Waals surface area contributed by atoms with Crippen LogP contribution in [0.4, 0.5) is 5.69 Å². The first kappa shape index (κ1) is 19.2. The third kappa shape index (κ3) is 3.72. The van der Waals surface area contributed by atoms with Crippen LogP contribution in [0.15, 0.2) is 29.2 Å². The summed E-state index contributed by atoms with van der Waals surface area (Å²) in [6.45, 7) is 0.637. The van der Waals surface area contributed by atoms with Crippen LogP contribution >= 0.6 is 0 Å². The van der Waals surface area contributed by atoms with E-state index in [1.54, 1.807) is 24.3 Å². The van der Waals surface area contributed by atoms with Gasteiger partial charge in [0.25, 0.3) is 0 Å². The number of piperidine rings is 1. The van der Waals surface area contributed by atoms with E-state index in [1.807, 2.05) is 0 Å². The predicted molar refractivity (Wildman–Crippen MR) is 104 cm³/mol. The Morgan fingerprint density at radius 2 is 2.00 bits per heavy atom. The van der Waals surface area contributed by atoms with E-state index in [0.717, 1.165) is 24.9 Å². The smallest absolute Gasteiger partial charge is 0.228 e. The highest BCUT2D eigenvalue weighted by molar-refractivity contribution is 7.90. The molecule has 4 atom stereocenters. The molecular weight excluding hydrogens is 378 g/mol. The molecule has 1 aromatic rings. The highest BCUT2D eigenvalue weighted by Gasteiger charge is 2.51. The molecule has 0 radical (unpaired) electrons. The van der Waals surface area contributed by atoms with E-state index in [9.17, 15) is 18.5 Å². The number of hydrazine groups is 1. The molecule has 1 saturated carbocycles. The Kier molecular flexibility index (Phi) is 5.04. The first-order valence-electron chi connectivity index (χ1n) is 9.64. The molecule has 1 amide bonds. The van der Waals surface area contributed by atoms with E-state index in [4.69, 9.17) is 0 Å². The Labute approximate surface area is 165 Å². The number of nitrogens with zero attached hydrogens (tertiary/aromatic N) is 2. The summed E-state index contributed by atoms with van der Waals surface area (Å²) in [7, 11) is -3.25. The van der Waals surface area contributed by atoms with E-state index in [0.29, 0.717) is 18.9 Å². The summed E-state index contributed by atoms with van der Waals surface area (Å²) < 4.78 is 23.3. The number of carbonyl (C=O) groups is 1. The molecular formula is C19H25N5O3S. The van der Waals surface area contributed by atoms with Crippen molar-refractivity contribution in [1.29, 1.82) is 5.26 Å². The maximum absolute atomic E-state index is 12.6. The van der Waals surface area contributed by atoms with Gasteiger partial charge in [0.05, 0.1) is 23.3 Å². The van der Waals surface area contributed by atoms with Crippen molar-refractivity contribution >= 4 is 21.4 Å². The molecule has 2 saturated heterocycles. The lowest BCUT2D eigenvalue weighted by Crippen LogP contribution is -2.52. The van der Waals surface area contributed by atoms with Gasteiger partial charge in [0.2, 0.25) is 5.91 Å². The molecule has 3 fully saturated rings. The molecule has 0 bridgehead atoms. The quantitative estimate of drug-likeness (QED) is 0.645. The third-order valence-corrected chi connectivity index (χ3v) is 7.02. The van der Waals surface area contributed by atoms with Crippen molar-refractivity contribution in [3.05, 3.63) is 24.3 Å². The zero-order valence-electron chi connectivity index (χ0n) is 15.8. The van der Waals surface area contributed by atoms with Crippen molar-refractivity contribution in [3.63, 3.8) is 0 Å². The first-order valence-corrected chi connectivity index (χ1v) is 11.5. The van der Waals surface area contributed by atoms with Crippen LogP contribution in [-0.2, 0) is 14.6 Å². The average Bonchev–Trinajstić information content (AvgIpc) is 3.42. The Bertz CT molecular complexity index is 891. The van der Waals surface area contributed by atoms with Crippen molar-refractivity contribution in [2.45, 2.75) is 48.8 Å². The predicted octanol–water partition coefficient (Wildman–Crippen LogP) is 0.845. The first-order chi connectivity index (χ1) is 13.4. The molecule has 2 aliphatic heterocycles. The number of fused-ring (bicyclic) bond motifs is 1. The molecule has 8 nitrogen and oxygen atoms in total. The van der Waals surface area contributed by atoms with Crippen LogP contribution in [0.1, 0.15) is 25.7 Å². The number of benzene rings is 1. The van der Waals surface area contributed by atoms with Gasteiger partial charge in [-0.2, -0.15) is 5.26 Å². The molecule has 1 aliphatic carbocycles. The molecule has 28 heavy (non-hydrogen) atoms. The van der Waals surface area contributed by atoms with E-state index >= 15 is 0 Å². The van der Waals surface area contributed by atoms with Crippen molar-refractivity contribution in [1.82, 2.24) is 15.8 Å². The van der Waals surface area contributed by atoms with Crippen LogP contribution in [0.5, 0.6) is 0 Å². The number of hydrogen-bond acceptors (Lipinski definition) is 7. The minimum atomic E-state index is -3.25. The number of anilines is 1. The summed E-state index contributed by atoms with van der Waals surface area (Å²) in [6, 6.07) is 9.00. The van der Waals surface area contributed by atoms with Crippen LogP contribution in [0.25, 0.3) is 0 Å². The van der Waals surface area contributed by atoms with Crippen molar-refractivity contribution in [3.8, 4) is 6.07 Å². The largest absolute Gasteiger partial charge is 0.368 e. The minimum Gasteiger partial charge on any atom is -0.368 e. The normalized spacial score (nSPS) is 28.9. The molecule has 0 aromatic heterocycles. The molecule has 3 N–H and O–H groups in total. The number of amides is 1. The van der Waals surface area contributed by atoms with E-state index in [2.05, 4.69) is 27.1 Å². The molecule has 0 spiro atoms. The highest BCUT2D eigenvalue weighted by atomic mass is 32.2. The van der Waals surface area contributed by atoms with Gasteiger partial charge in [0.15, 0.2) is 9.84 Å². The number of carbonyl (C=O) groups excluding carboxylic acids is 1. The lowest BCUT2D eigenvalue weighted by atomic mass is 9.90. The SMILES string of the molecule is CS(=O)(=O)c1ccc(NC2NN([C@@H](CC#N)C3CC3)C3CCNC(=O)C23)cc1.